The summed E-state index contributed by atoms with van der Waals surface area (Å²) in [6, 6.07) is 0. The van der Waals surface area contributed by atoms with Gasteiger partial charge in [0.15, 0.2) is 0 Å². The van der Waals surface area contributed by atoms with Crippen LogP contribution in [0.1, 0.15) is 38.3 Å². The Morgan fingerprint density at radius 1 is 1.33 bits per heavy atom. The lowest BCUT2D eigenvalue weighted by Gasteiger charge is -2.10. The van der Waals surface area contributed by atoms with Crippen LogP contribution in [-0.2, 0) is 13.0 Å². The number of nitrogens with zero attached hydrogens (tertiary/aromatic N) is 3. The second-order valence-corrected chi connectivity index (χ2v) is 4.13. The molecule has 0 saturated heterocycles. The first-order chi connectivity index (χ1) is 7.19. The molecule has 0 radical (unpaired) electrons. The first-order valence-corrected chi connectivity index (χ1v) is 5.77. The highest BCUT2D eigenvalue weighted by molar-refractivity contribution is 4.94. The first kappa shape index (κ1) is 12.2. The molecule has 0 amide bonds. The summed E-state index contributed by atoms with van der Waals surface area (Å²) in [5.41, 5.74) is 5.53. The van der Waals surface area contributed by atoms with Gasteiger partial charge < -0.3 is 10.3 Å². The van der Waals surface area contributed by atoms with Crippen molar-refractivity contribution in [1.82, 2.24) is 14.8 Å². The lowest BCUT2D eigenvalue weighted by molar-refractivity contribution is 0.486. The smallest absolute Gasteiger partial charge is 0.132 e. The van der Waals surface area contributed by atoms with E-state index < -0.39 is 0 Å². The molecule has 0 aliphatic heterocycles. The fourth-order valence-electron chi connectivity index (χ4n) is 1.83. The van der Waals surface area contributed by atoms with Crippen molar-refractivity contribution < 1.29 is 0 Å². The van der Waals surface area contributed by atoms with E-state index in [-0.39, 0.29) is 0 Å². The van der Waals surface area contributed by atoms with Gasteiger partial charge in [0.2, 0.25) is 0 Å². The summed E-state index contributed by atoms with van der Waals surface area (Å²) in [7, 11) is 0. The van der Waals surface area contributed by atoms with Crippen molar-refractivity contribution in [2.75, 3.05) is 6.54 Å². The van der Waals surface area contributed by atoms with Crippen LogP contribution in [0.4, 0.5) is 0 Å². The summed E-state index contributed by atoms with van der Waals surface area (Å²) in [5, 5.41) is 8.30. The van der Waals surface area contributed by atoms with E-state index >= 15 is 0 Å². The molecule has 4 heteroatoms. The van der Waals surface area contributed by atoms with E-state index in [1.54, 1.807) is 0 Å². The van der Waals surface area contributed by atoms with E-state index in [2.05, 4.69) is 28.6 Å². The Morgan fingerprint density at radius 3 is 2.67 bits per heavy atom. The molecule has 0 bridgehead atoms. The van der Waals surface area contributed by atoms with Gasteiger partial charge in [-0.3, -0.25) is 0 Å². The van der Waals surface area contributed by atoms with Gasteiger partial charge in [0.25, 0.3) is 0 Å². The quantitative estimate of drug-likeness (QED) is 0.774. The van der Waals surface area contributed by atoms with Crippen LogP contribution in [0.2, 0.25) is 0 Å². The lowest BCUT2D eigenvalue weighted by atomic mass is 10.0. The minimum Gasteiger partial charge on any atom is -0.330 e. The molecule has 15 heavy (non-hydrogen) atoms. The SMILES string of the molecule is CCn1c(C)nnc1CCC(C)CCN. The van der Waals surface area contributed by atoms with E-state index in [0.717, 1.165) is 44.0 Å². The highest BCUT2D eigenvalue weighted by atomic mass is 15.3. The van der Waals surface area contributed by atoms with Crippen LogP contribution in [0, 0.1) is 12.8 Å². The summed E-state index contributed by atoms with van der Waals surface area (Å²) in [5.74, 6) is 2.80. The molecule has 0 aliphatic carbocycles. The Labute approximate surface area is 91.9 Å². The molecule has 0 fully saturated rings. The summed E-state index contributed by atoms with van der Waals surface area (Å²) < 4.78 is 2.18. The van der Waals surface area contributed by atoms with Gasteiger partial charge in [0.1, 0.15) is 11.6 Å². The Bertz CT molecular complexity index is 293. The molecule has 0 aliphatic rings. The second kappa shape index (κ2) is 5.85. The molecule has 1 heterocycles. The van der Waals surface area contributed by atoms with Crippen molar-refractivity contribution in [1.29, 1.82) is 0 Å². The molecular formula is C11H22N4. The summed E-state index contributed by atoms with van der Waals surface area (Å²) in [6.07, 6.45) is 3.25. The minimum absolute atomic E-state index is 0.678. The zero-order valence-corrected chi connectivity index (χ0v) is 10.0. The Morgan fingerprint density at radius 2 is 2.07 bits per heavy atom. The molecular weight excluding hydrogens is 188 g/mol. The predicted octanol–water partition coefficient (Wildman–Crippen LogP) is 1.52. The van der Waals surface area contributed by atoms with Crippen LogP contribution in [0.15, 0.2) is 0 Å². The summed E-state index contributed by atoms with van der Waals surface area (Å²) in [6.45, 7) is 8.11. The van der Waals surface area contributed by atoms with Crippen molar-refractivity contribution in [3.63, 3.8) is 0 Å². The highest BCUT2D eigenvalue weighted by Gasteiger charge is 2.08. The Kier molecular flexibility index (Phi) is 4.75. The van der Waals surface area contributed by atoms with Crippen LogP contribution in [0.25, 0.3) is 0 Å². The van der Waals surface area contributed by atoms with Crippen molar-refractivity contribution in [2.24, 2.45) is 11.7 Å². The molecule has 4 nitrogen and oxygen atoms in total. The van der Waals surface area contributed by atoms with Gasteiger partial charge in [-0.05, 0) is 39.2 Å². The van der Waals surface area contributed by atoms with Crippen molar-refractivity contribution in [2.45, 2.75) is 46.6 Å². The third kappa shape index (κ3) is 3.30. The molecule has 2 N–H and O–H groups in total. The van der Waals surface area contributed by atoms with Crippen LogP contribution < -0.4 is 5.73 Å². The monoisotopic (exact) mass is 210 g/mol. The van der Waals surface area contributed by atoms with Gasteiger partial charge in [-0.25, -0.2) is 0 Å². The van der Waals surface area contributed by atoms with Gasteiger partial charge in [-0.15, -0.1) is 10.2 Å². The van der Waals surface area contributed by atoms with Gasteiger partial charge in [0.05, 0.1) is 0 Å². The average molecular weight is 210 g/mol. The molecule has 1 aromatic rings. The maximum absolute atomic E-state index is 5.53. The molecule has 1 aromatic heterocycles. The molecule has 1 rings (SSSR count). The summed E-state index contributed by atoms with van der Waals surface area (Å²) in [4.78, 5) is 0. The van der Waals surface area contributed by atoms with Crippen molar-refractivity contribution >= 4 is 0 Å². The Hall–Kier alpha value is -0.900. The predicted molar refractivity (Wildman–Crippen MR) is 61.6 cm³/mol. The summed E-state index contributed by atoms with van der Waals surface area (Å²) >= 11 is 0. The van der Waals surface area contributed by atoms with Crippen molar-refractivity contribution in [3.05, 3.63) is 11.6 Å². The van der Waals surface area contributed by atoms with E-state index in [1.165, 1.54) is 0 Å². The van der Waals surface area contributed by atoms with E-state index in [1.807, 2.05) is 6.92 Å². The molecule has 0 spiro atoms. The number of aromatic nitrogens is 3. The largest absolute Gasteiger partial charge is 0.330 e. The maximum Gasteiger partial charge on any atom is 0.132 e. The molecule has 86 valence electrons. The van der Waals surface area contributed by atoms with Gasteiger partial charge in [0, 0.05) is 13.0 Å². The molecule has 0 saturated carbocycles. The Balaban J connectivity index is 2.50. The number of hydrogen-bond donors (Lipinski definition) is 1. The third-order valence-corrected chi connectivity index (χ3v) is 2.85. The minimum atomic E-state index is 0.678. The fraction of sp³-hybridized carbons (Fsp3) is 0.818. The molecule has 0 aromatic carbocycles. The van der Waals surface area contributed by atoms with Crippen LogP contribution in [0.5, 0.6) is 0 Å². The van der Waals surface area contributed by atoms with E-state index in [4.69, 9.17) is 5.73 Å². The van der Waals surface area contributed by atoms with Crippen molar-refractivity contribution in [3.8, 4) is 0 Å². The third-order valence-electron chi connectivity index (χ3n) is 2.85. The van der Waals surface area contributed by atoms with Crippen LogP contribution in [0.3, 0.4) is 0 Å². The second-order valence-electron chi connectivity index (χ2n) is 4.13. The van der Waals surface area contributed by atoms with Gasteiger partial charge >= 0.3 is 0 Å². The van der Waals surface area contributed by atoms with Gasteiger partial charge in [-0.2, -0.15) is 0 Å². The number of nitrogens with two attached hydrogens (primary N) is 1. The standard InChI is InChI=1S/C11H22N4/c1-4-15-10(3)13-14-11(15)6-5-9(2)7-8-12/h9H,4-8,12H2,1-3H3. The normalized spacial score (nSPS) is 13.1. The number of rotatable bonds is 6. The molecule has 1 atom stereocenters. The number of aryl methyl sites for hydroxylation is 2. The molecule has 1 unspecified atom stereocenters. The van der Waals surface area contributed by atoms with Crippen LogP contribution >= 0.6 is 0 Å². The van der Waals surface area contributed by atoms with Gasteiger partial charge in [-0.1, -0.05) is 6.92 Å². The van der Waals surface area contributed by atoms with E-state index in [0.29, 0.717) is 5.92 Å². The lowest BCUT2D eigenvalue weighted by Crippen LogP contribution is -2.09. The average Bonchev–Trinajstić information content (AvgIpc) is 2.56. The highest BCUT2D eigenvalue weighted by Crippen LogP contribution is 2.11. The van der Waals surface area contributed by atoms with Crippen LogP contribution in [-0.4, -0.2) is 21.3 Å². The van der Waals surface area contributed by atoms with E-state index in [9.17, 15) is 0 Å². The zero-order chi connectivity index (χ0) is 11.3. The maximum atomic E-state index is 5.53. The fourth-order valence-corrected chi connectivity index (χ4v) is 1.83. The zero-order valence-electron chi connectivity index (χ0n) is 10.0. The first-order valence-electron chi connectivity index (χ1n) is 5.77. The number of hydrogen-bond acceptors (Lipinski definition) is 3. The topological polar surface area (TPSA) is 56.7 Å².